The number of esters is 1. The number of carbonyl (C=O) groups is 1. The van der Waals surface area contributed by atoms with Crippen molar-refractivity contribution < 1.29 is 24.1 Å². The van der Waals surface area contributed by atoms with Crippen molar-refractivity contribution in [3.05, 3.63) is 50.8 Å². The van der Waals surface area contributed by atoms with Gasteiger partial charge in [-0.25, -0.2) is 9.78 Å². The Morgan fingerprint density at radius 1 is 1.16 bits per heavy atom. The van der Waals surface area contributed by atoms with Gasteiger partial charge in [-0.05, 0) is 25.0 Å². The Hall–Kier alpha value is -3.39. The lowest BCUT2D eigenvalue weighted by Gasteiger charge is -2.31. The zero-order chi connectivity index (χ0) is 21.5. The van der Waals surface area contributed by atoms with E-state index >= 15 is 0 Å². The maximum Gasteiger partial charge on any atom is 0.343 e. The molecule has 1 aromatic carbocycles. The average molecular weight is 420 g/mol. The number of benzene rings is 1. The number of aromatic nitrogens is 2. The van der Waals surface area contributed by atoms with Crippen LogP contribution in [0.25, 0.3) is 22.3 Å². The lowest BCUT2D eigenvalue weighted by Crippen LogP contribution is -2.44. The van der Waals surface area contributed by atoms with Crippen LogP contribution in [0.15, 0.2) is 23.0 Å². The molecule has 0 aliphatic carbocycles. The molecule has 31 heavy (non-hydrogen) atoms. The van der Waals surface area contributed by atoms with Gasteiger partial charge in [0.05, 0.1) is 29.0 Å². The zero-order valence-electron chi connectivity index (χ0n) is 17.2. The molecule has 0 spiro atoms. The van der Waals surface area contributed by atoms with Crippen LogP contribution in [-0.2, 0) is 34.7 Å². The van der Waals surface area contributed by atoms with Gasteiger partial charge in [0.1, 0.15) is 6.61 Å². The van der Waals surface area contributed by atoms with Gasteiger partial charge in [-0.15, -0.1) is 0 Å². The van der Waals surface area contributed by atoms with Crippen LogP contribution in [0.2, 0.25) is 0 Å². The van der Waals surface area contributed by atoms with Crippen LogP contribution in [-0.4, -0.2) is 27.4 Å². The second-order valence-electron chi connectivity index (χ2n) is 8.11. The summed E-state index contributed by atoms with van der Waals surface area (Å²) in [6, 6.07) is 5.63. The van der Waals surface area contributed by atoms with Gasteiger partial charge in [-0.3, -0.25) is 4.79 Å². The summed E-state index contributed by atoms with van der Waals surface area (Å²) in [6.45, 7) is 4.17. The molecule has 2 aromatic heterocycles. The second kappa shape index (κ2) is 6.07. The van der Waals surface area contributed by atoms with Crippen LogP contribution in [0, 0.1) is 0 Å². The molecule has 3 aliphatic rings. The van der Waals surface area contributed by atoms with Crippen LogP contribution in [0.4, 0.5) is 0 Å². The molecule has 0 fully saturated rings. The van der Waals surface area contributed by atoms with E-state index in [4.69, 9.17) is 19.2 Å². The molecule has 1 unspecified atom stereocenters. The van der Waals surface area contributed by atoms with E-state index in [1.807, 2.05) is 6.07 Å². The molecule has 6 rings (SSSR count). The number of fused-ring (bicyclic) bond motifs is 6. The fourth-order valence-corrected chi connectivity index (χ4v) is 4.92. The molecule has 158 valence electrons. The van der Waals surface area contributed by atoms with Gasteiger partial charge in [0.2, 0.25) is 6.79 Å². The van der Waals surface area contributed by atoms with Gasteiger partial charge in [0.25, 0.3) is 5.56 Å². The molecular formula is C23H20N2O6. The molecule has 8 nitrogen and oxygen atoms in total. The van der Waals surface area contributed by atoms with E-state index in [1.54, 1.807) is 17.6 Å². The molecule has 5 heterocycles. The van der Waals surface area contributed by atoms with Crippen molar-refractivity contribution in [1.82, 2.24) is 9.55 Å². The van der Waals surface area contributed by atoms with Crippen molar-refractivity contribution in [2.24, 2.45) is 0 Å². The smallest absolute Gasteiger partial charge is 0.343 e. The highest BCUT2D eigenvalue weighted by Crippen LogP contribution is 2.43. The lowest BCUT2D eigenvalue weighted by molar-refractivity contribution is -0.172. The third-order valence-electron chi connectivity index (χ3n) is 6.61. The van der Waals surface area contributed by atoms with Gasteiger partial charge in [0.15, 0.2) is 17.1 Å². The second-order valence-corrected chi connectivity index (χ2v) is 8.11. The van der Waals surface area contributed by atoms with Gasteiger partial charge in [-0.1, -0.05) is 13.8 Å². The predicted molar refractivity (Wildman–Crippen MR) is 110 cm³/mol. The zero-order valence-corrected chi connectivity index (χ0v) is 17.2. The van der Waals surface area contributed by atoms with E-state index < -0.39 is 11.6 Å². The van der Waals surface area contributed by atoms with Crippen LogP contribution in [0.3, 0.4) is 0 Å². The van der Waals surface area contributed by atoms with Crippen LogP contribution >= 0.6 is 0 Å². The highest BCUT2D eigenvalue weighted by atomic mass is 16.7. The minimum Gasteiger partial charge on any atom is -0.458 e. The summed E-state index contributed by atoms with van der Waals surface area (Å²) in [5.41, 5.74) is 2.50. The van der Waals surface area contributed by atoms with Crippen molar-refractivity contribution in [3.8, 4) is 22.9 Å². The molecule has 8 heteroatoms. The first-order chi connectivity index (χ1) is 15.0. The Labute approximate surface area is 177 Å². The molecule has 3 aromatic rings. The number of cyclic esters (lactones) is 1. The van der Waals surface area contributed by atoms with Gasteiger partial charge >= 0.3 is 5.97 Å². The number of ether oxygens (including phenoxy) is 3. The van der Waals surface area contributed by atoms with Gasteiger partial charge in [0, 0.05) is 28.1 Å². The van der Waals surface area contributed by atoms with Crippen molar-refractivity contribution in [1.29, 1.82) is 0 Å². The van der Waals surface area contributed by atoms with E-state index in [2.05, 4.69) is 13.0 Å². The number of pyridine rings is 2. The number of carbonyl (C=O) groups excluding carboxylic acids is 1. The molecule has 1 atom stereocenters. The van der Waals surface area contributed by atoms with Crippen LogP contribution in [0.1, 0.15) is 42.5 Å². The number of hydrogen-bond donors (Lipinski definition) is 1. The number of nitrogens with zero attached hydrogens (tertiary/aromatic N) is 2. The monoisotopic (exact) mass is 420 g/mol. The summed E-state index contributed by atoms with van der Waals surface area (Å²) in [7, 11) is 0. The topological polar surface area (TPSA) is 99.9 Å². The van der Waals surface area contributed by atoms with Gasteiger partial charge < -0.3 is 23.9 Å². The molecule has 0 saturated heterocycles. The summed E-state index contributed by atoms with van der Waals surface area (Å²) < 4.78 is 18.0. The SMILES string of the molecule is CCc1c2c(cc3nc4c(cc13)Cn1c-4cc3c(c1=O)COC(=O)C3(O)CC)OCO2. The summed E-state index contributed by atoms with van der Waals surface area (Å²) in [5, 5.41) is 11.9. The Morgan fingerprint density at radius 2 is 2.00 bits per heavy atom. The maximum atomic E-state index is 13.3. The van der Waals surface area contributed by atoms with Crippen molar-refractivity contribution in [2.75, 3.05) is 6.79 Å². The standard InChI is InChI=1S/C23H20N2O6/c1-3-12-13-5-11-8-25-17(19(11)24-16(13)7-18-20(12)31-10-30-18)6-15-14(21(25)26)9-29-22(27)23(15,28)4-2/h5-7,28H,3-4,8-10H2,1-2H3. The van der Waals surface area contributed by atoms with Gasteiger partial charge in [-0.2, -0.15) is 0 Å². The molecule has 1 N–H and O–H groups in total. The predicted octanol–water partition coefficient (Wildman–Crippen LogP) is 2.37. The molecule has 0 saturated carbocycles. The number of rotatable bonds is 2. The van der Waals surface area contributed by atoms with Crippen molar-refractivity contribution in [3.63, 3.8) is 0 Å². The highest BCUT2D eigenvalue weighted by Gasteiger charge is 2.45. The maximum absolute atomic E-state index is 13.3. The molecule has 0 bridgehead atoms. The number of hydrogen-bond acceptors (Lipinski definition) is 7. The molecule has 0 amide bonds. The number of aryl methyl sites for hydroxylation is 1. The lowest BCUT2D eigenvalue weighted by atomic mass is 9.86. The minimum absolute atomic E-state index is 0.114. The largest absolute Gasteiger partial charge is 0.458 e. The van der Waals surface area contributed by atoms with Crippen LogP contribution in [0.5, 0.6) is 11.5 Å². The average Bonchev–Trinajstić information content (AvgIpc) is 3.38. The van der Waals surface area contributed by atoms with E-state index in [1.165, 1.54) is 0 Å². The quantitative estimate of drug-likeness (QED) is 0.497. The van der Waals surface area contributed by atoms with E-state index in [0.717, 1.165) is 34.2 Å². The Morgan fingerprint density at radius 3 is 2.77 bits per heavy atom. The van der Waals surface area contributed by atoms with Crippen molar-refractivity contribution >= 4 is 16.9 Å². The van der Waals surface area contributed by atoms with E-state index in [9.17, 15) is 14.7 Å². The van der Waals surface area contributed by atoms with Crippen LogP contribution < -0.4 is 15.0 Å². The molecule has 0 radical (unpaired) electrons. The normalized spacial score (nSPS) is 20.4. The summed E-state index contributed by atoms with van der Waals surface area (Å²) in [5.74, 6) is 0.695. The summed E-state index contributed by atoms with van der Waals surface area (Å²) >= 11 is 0. The molecule has 3 aliphatic heterocycles. The van der Waals surface area contributed by atoms with E-state index in [0.29, 0.717) is 34.8 Å². The Kier molecular flexibility index (Phi) is 3.60. The summed E-state index contributed by atoms with van der Waals surface area (Å²) in [6.07, 6.45) is 0.872. The van der Waals surface area contributed by atoms with Crippen molar-refractivity contribution in [2.45, 2.75) is 45.4 Å². The fraction of sp³-hybridized carbons (Fsp3) is 0.348. The fourth-order valence-electron chi connectivity index (χ4n) is 4.92. The third kappa shape index (κ3) is 2.25. The third-order valence-corrected chi connectivity index (χ3v) is 6.61. The highest BCUT2D eigenvalue weighted by molar-refractivity contribution is 5.91. The Bertz CT molecular complexity index is 1380. The first-order valence-electron chi connectivity index (χ1n) is 10.4. The minimum atomic E-state index is -1.83. The first kappa shape index (κ1) is 18.4. The Balaban J connectivity index is 1.62. The van der Waals surface area contributed by atoms with E-state index in [-0.39, 0.29) is 25.4 Å². The number of aliphatic hydroxyl groups is 1. The first-order valence-corrected chi connectivity index (χ1v) is 10.4. The molecular weight excluding hydrogens is 400 g/mol. The summed E-state index contributed by atoms with van der Waals surface area (Å²) in [4.78, 5) is 30.4.